The summed E-state index contributed by atoms with van der Waals surface area (Å²) in [6.07, 6.45) is 3.25. The lowest BCUT2D eigenvalue weighted by Gasteiger charge is -2.44. The number of hydrogen-bond acceptors (Lipinski definition) is 3. The number of nitrogens with zero attached hydrogens (tertiary/aromatic N) is 2. The van der Waals surface area contributed by atoms with Gasteiger partial charge in [0.1, 0.15) is 0 Å². The quantitative estimate of drug-likeness (QED) is 0.480. The van der Waals surface area contributed by atoms with Crippen molar-refractivity contribution in [3.8, 4) is 0 Å². The fourth-order valence-electron chi connectivity index (χ4n) is 2.14. The van der Waals surface area contributed by atoms with Crippen LogP contribution >= 0.6 is 0 Å². The van der Waals surface area contributed by atoms with Gasteiger partial charge in [-0.25, -0.2) is 0 Å². The number of allylic oxidation sites excluding steroid dienone is 1. The number of anilines is 1. The highest BCUT2D eigenvalue weighted by Gasteiger charge is 2.44. The van der Waals surface area contributed by atoms with Crippen molar-refractivity contribution in [3.63, 3.8) is 0 Å². The van der Waals surface area contributed by atoms with Crippen LogP contribution in [0.25, 0.3) is 0 Å². The van der Waals surface area contributed by atoms with E-state index < -0.39 is 0 Å². The number of ketones is 1. The molecular weight excluding hydrogens is 252 g/mol. The minimum atomic E-state index is -0.261. The minimum Gasteiger partial charge on any atom is -0.383 e. The lowest BCUT2D eigenvalue weighted by Crippen LogP contribution is -2.58. The third-order valence-electron chi connectivity index (χ3n) is 3.37. The summed E-state index contributed by atoms with van der Waals surface area (Å²) in [6.45, 7) is 4.60. The molecule has 1 fully saturated rings. The Balaban J connectivity index is 2.08. The van der Waals surface area contributed by atoms with Gasteiger partial charge in [0.25, 0.3) is 0 Å². The number of carbonyl (C=O) groups excluding carboxylic acids is 2. The van der Waals surface area contributed by atoms with E-state index in [1.54, 1.807) is 23.2 Å². The van der Waals surface area contributed by atoms with Gasteiger partial charge in [-0.2, -0.15) is 0 Å². The zero-order chi connectivity index (χ0) is 14.9. The molecule has 1 aliphatic heterocycles. The molecule has 1 aromatic carbocycles. The Labute approximate surface area is 119 Å². The second-order valence-corrected chi connectivity index (χ2v) is 5.97. The maximum absolute atomic E-state index is 11.9. The summed E-state index contributed by atoms with van der Waals surface area (Å²) < 4.78 is 0. The van der Waals surface area contributed by atoms with E-state index in [0.717, 1.165) is 12.2 Å². The predicted molar refractivity (Wildman–Crippen MR) is 79.7 cm³/mol. The Bertz CT molecular complexity index is 556. The van der Waals surface area contributed by atoms with E-state index in [-0.39, 0.29) is 17.1 Å². The van der Waals surface area contributed by atoms with E-state index in [2.05, 4.69) is 0 Å². The number of carbonyl (C=O) groups is 2. The van der Waals surface area contributed by atoms with Gasteiger partial charge in [-0.15, -0.1) is 0 Å². The first kappa shape index (κ1) is 14.3. The molecule has 1 heterocycles. The molecule has 1 aromatic rings. The maximum Gasteiger partial charge on any atom is 0.234 e. The molecule has 0 aromatic heterocycles. The highest BCUT2D eigenvalue weighted by molar-refractivity contribution is 6.06. The lowest BCUT2D eigenvalue weighted by molar-refractivity contribution is -0.132. The minimum absolute atomic E-state index is 0.0412. The molecule has 0 atom stereocenters. The molecule has 0 spiro atoms. The molecular formula is C16H20N2O2. The van der Waals surface area contributed by atoms with Crippen LogP contribution in [0, 0.1) is 5.41 Å². The number of hydrogen-bond donors (Lipinski definition) is 0. The van der Waals surface area contributed by atoms with Crippen LogP contribution in [0.3, 0.4) is 0 Å². The highest BCUT2D eigenvalue weighted by Crippen LogP contribution is 2.34. The number of β-lactam (4-membered cyclic amide) rings is 1. The molecule has 1 aliphatic rings. The van der Waals surface area contributed by atoms with Crippen LogP contribution < -0.4 is 4.90 Å². The molecule has 20 heavy (non-hydrogen) atoms. The molecule has 0 aliphatic carbocycles. The first-order valence-corrected chi connectivity index (χ1v) is 6.62. The predicted octanol–water partition coefficient (Wildman–Crippen LogP) is 2.32. The smallest absolute Gasteiger partial charge is 0.234 e. The normalized spacial score (nSPS) is 17.2. The topological polar surface area (TPSA) is 40.6 Å². The largest absolute Gasteiger partial charge is 0.383 e. The van der Waals surface area contributed by atoms with Crippen LogP contribution in [0.5, 0.6) is 0 Å². The van der Waals surface area contributed by atoms with Crippen LogP contribution in [0.15, 0.2) is 36.5 Å². The van der Waals surface area contributed by atoms with Gasteiger partial charge >= 0.3 is 0 Å². The summed E-state index contributed by atoms with van der Waals surface area (Å²) in [5.41, 5.74) is 1.21. The van der Waals surface area contributed by atoms with Gasteiger partial charge in [-0.05, 0) is 38.1 Å². The second kappa shape index (κ2) is 5.12. The van der Waals surface area contributed by atoms with Gasteiger partial charge in [0, 0.05) is 44.2 Å². The fourth-order valence-corrected chi connectivity index (χ4v) is 2.14. The standard InChI is InChI=1S/C16H20N2O2/c1-16(2)11-18(15(16)20)13-7-5-12(6-8-13)14(19)9-10-17(3)4/h5-10H,11H2,1-4H3/b10-9+. The van der Waals surface area contributed by atoms with Gasteiger partial charge in [0.15, 0.2) is 5.78 Å². The first-order valence-electron chi connectivity index (χ1n) is 6.62. The van der Waals surface area contributed by atoms with Gasteiger partial charge < -0.3 is 9.80 Å². The molecule has 4 nitrogen and oxygen atoms in total. The zero-order valence-corrected chi connectivity index (χ0v) is 12.4. The van der Waals surface area contributed by atoms with Gasteiger partial charge in [0.2, 0.25) is 5.91 Å². The molecule has 0 N–H and O–H groups in total. The van der Waals surface area contributed by atoms with Gasteiger partial charge in [-0.1, -0.05) is 0 Å². The third kappa shape index (κ3) is 2.74. The van der Waals surface area contributed by atoms with E-state index in [0.29, 0.717) is 5.56 Å². The maximum atomic E-state index is 11.9. The first-order chi connectivity index (χ1) is 9.31. The summed E-state index contributed by atoms with van der Waals surface area (Å²) in [4.78, 5) is 27.4. The summed E-state index contributed by atoms with van der Waals surface area (Å²) in [6, 6.07) is 7.17. The Hall–Kier alpha value is -2.10. The lowest BCUT2D eigenvalue weighted by atomic mass is 9.82. The highest BCUT2D eigenvalue weighted by atomic mass is 16.2. The average molecular weight is 272 g/mol. The molecule has 1 amide bonds. The van der Waals surface area contributed by atoms with Crippen LogP contribution in [-0.4, -0.2) is 37.2 Å². The van der Waals surface area contributed by atoms with E-state index in [9.17, 15) is 9.59 Å². The average Bonchev–Trinajstić information content (AvgIpc) is 2.42. The van der Waals surface area contributed by atoms with Crippen molar-refractivity contribution < 1.29 is 9.59 Å². The third-order valence-corrected chi connectivity index (χ3v) is 3.37. The monoisotopic (exact) mass is 272 g/mol. The van der Waals surface area contributed by atoms with Crippen molar-refractivity contribution in [3.05, 3.63) is 42.1 Å². The van der Waals surface area contributed by atoms with Crippen molar-refractivity contribution >= 4 is 17.4 Å². The molecule has 1 saturated heterocycles. The molecule has 0 bridgehead atoms. The van der Waals surface area contributed by atoms with Crippen molar-refractivity contribution in [2.24, 2.45) is 5.41 Å². The second-order valence-electron chi connectivity index (χ2n) is 5.97. The molecule has 0 saturated carbocycles. The van der Waals surface area contributed by atoms with Crippen molar-refractivity contribution in [1.29, 1.82) is 0 Å². The molecule has 106 valence electrons. The molecule has 0 unspecified atom stereocenters. The Morgan fingerprint density at radius 2 is 1.85 bits per heavy atom. The summed E-state index contributed by atoms with van der Waals surface area (Å²) in [5, 5.41) is 0. The van der Waals surface area contributed by atoms with E-state index in [4.69, 9.17) is 0 Å². The number of rotatable bonds is 4. The zero-order valence-electron chi connectivity index (χ0n) is 12.4. The SMILES string of the molecule is CN(C)/C=C/C(=O)c1ccc(N2CC(C)(C)C2=O)cc1. The molecule has 2 rings (SSSR count). The van der Waals surface area contributed by atoms with Crippen molar-refractivity contribution in [2.75, 3.05) is 25.5 Å². The van der Waals surface area contributed by atoms with E-state index in [1.165, 1.54) is 6.08 Å². The van der Waals surface area contributed by atoms with E-state index >= 15 is 0 Å². The summed E-state index contributed by atoms with van der Waals surface area (Å²) in [5.74, 6) is 0.0876. The van der Waals surface area contributed by atoms with Crippen molar-refractivity contribution in [1.82, 2.24) is 4.90 Å². The fraction of sp³-hybridized carbons (Fsp3) is 0.375. The van der Waals surface area contributed by atoms with Gasteiger partial charge in [0.05, 0.1) is 5.41 Å². The van der Waals surface area contributed by atoms with E-state index in [1.807, 2.05) is 45.0 Å². The van der Waals surface area contributed by atoms with Crippen LogP contribution in [0.2, 0.25) is 0 Å². The van der Waals surface area contributed by atoms with Crippen LogP contribution in [0.4, 0.5) is 5.69 Å². The molecule has 0 radical (unpaired) electrons. The Morgan fingerprint density at radius 3 is 2.30 bits per heavy atom. The number of benzene rings is 1. The summed E-state index contributed by atoms with van der Waals surface area (Å²) in [7, 11) is 3.73. The Morgan fingerprint density at radius 1 is 1.25 bits per heavy atom. The van der Waals surface area contributed by atoms with Gasteiger partial charge in [-0.3, -0.25) is 9.59 Å². The van der Waals surface area contributed by atoms with Crippen LogP contribution in [0.1, 0.15) is 24.2 Å². The van der Waals surface area contributed by atoms with Crippen molar-refractivity contribution in [2.45, 2.75) is 13.8 Å². The summed E-state index contributed by atoms with van der Waals surface area (Å²) >= 11 is 0. The molecule has 4 heteroatoms. The van der Waals surface area contributed by atoms with Crippen LogP contribution in [-0.2, 0) is 4.79 Å². The Kier molecular flexibility index (Phi) is 3.66. The number of amides is 1.